The second kappa shape index (κ2) is 34.4. The number of aromatic nitrogens is 14. The van der Waals surface area contributed by atoms with Gasteiger partial charge in [-0.1, -0.05) is 52.7 Å². The van der Waals surface area contributed by atoms with Crippen LogP contribution < -0.4 is 15.5 Å². The Morgan fingerprint density at radius 2 is 1.01 bits per heavy atom. The van der Waals surface area contributed by atoms with Crippen molar-refractivity contribution in [3.05, 3.63) is 206 Å². The largest absolute Gasteiger partial charge is 0.358 e. The Kier molecular flexibility index (Phi) is 24.9. The van der Waals surface area contributed by atoms with E-state index < -0.39 is 0 Å². The second-order valence-corrected chi connectivity index (χ2v) is 28.9. The number of hydrogen-bond acceptors (Lipinski definition) is 13. The molecule has 5 aliphatic heterocycles. The maximum atomic E-state index is 13.7. The summed E-state index contributed by atoms with van der Waals surface area (Å²) in [6, 6.07) is 29.9. The average molecular weight is 1690 g/mol. The van der Waals surface area contributed by atoms with Crippen molar-refractivity contribution in [1.82, 2.24) is 79.2 Å². The van der Waals surface area contributed by atoms with Crippen LogP contribution in [-0.2, 0) is 110 Å². The van der Waals surface area contributed by atoms with Gasteiger partial charge in [0.05, 0.1) is 41.4 Å². The smallest absolute Gasteiger partial charge is 0.259 e. The standard InChI is InChI=1S/C27H27N7O.C16H17N3O.C11H11BrN4.C9H8BrNO.C7H10N2.C6H9ClO.CH3.W/c35-27-20-16-19(34-17-28-21-6-1-2-8-23(21)34)12-11-18(20)13-15-33(27)24-10-5-7-22(29-24)26-31-30-25-9-3-4-14-32(25)26;20-16-13-9-12(6-5-11(13)7-8-17-16)19-10-18-14-3-1-2-4-15(14)19;12-9-5-3-4-8(13-9)11-15-14-10-6-1-2-7-16(10)11;10-7-2-1-6-3-4-11-9(12)8(6)5-7;1-2-4-7-6(3-1)8-5-9-7;7-5-3-1-2-4-6(5)8;;/h5,7,10-12,16-17H,1-4,6,8-9,13-15H2;5-6,9-10H,1-4,7-8H2,(H,17,20);3-5H,1-2,6-7H2;1-2,5H,3-4H2,(H,11,12);5H,1-4H2,(H,8,9);5H,1-4H2;1H3;/q;;;;;;-1;. The number of nitrogens with zero attached hydrogens (tertiary/aromatic N) is 14. The van der Waals surface area contributed by atoms with Gasteiger partial charge in [0, 0.05) is 123 Å². The predicted molar refractivity (Wildman–Crippen MR) is 397 cm³/mol. The van der Waals surface area contributed by atoms with E-state index in [9.17, 15) is 19.2 Å². The Bertz CT molecular complexity index is 4610. The zero-order valence-corrected chi connectivity index (χ0v) is 64.5. The number of amides is 3. The van der Waals surface area contributed by atoms with Crippen LogP contribution >= 0.6 is 43.5 Å². The Morgan fingerprint density at radius 1 is 0.480 bits per heavy atom. The van der Waals surface area contributed by atoms with E-state index in [2.05, 4.69) is 130 Å². The number of pyridine rings is 2. The zero-order chi connectivity index (χ0) is 68.5. The third kappa shape index (κ3) is 16.9. The predicted octanol–water partition coefficient (Wildman–Crippen LogP) is 13.6. The van der Waals surface area contributed by atoms with Crippen molar-refractivity contribution in [1.29, 1.82) is 0 Å². The molecule has 12 heterocycles. The van der Waals surface area contributed by atoms with E-state index in [1.807, 2.05) is 79.4 Å². The van der Waals surface area contributed by atoms with Crippen molar-refractivity contribution in [2.45, 2.75) is 179 Å². The molecule has 21 nitrogen and oxygen atoms in total. The van der Waals surface area contributed by atoms with Crippen molar-refractivity contribution in [3.8, 4) is 34.4 Å². The first-order valence-corrected chi connectivity index (χ1v) is 37.7. The van der Waals surface area contributed by atoms with Crippen LogP contribution in [0.3, 0.4) is 0 Å². The summed E-state index contributed by atoms with van der Waals surface area (Å²) < 4.78 is 10.4. The summed E-state index contributed by atoms with van der Waals surface area (Å²) in [5, 5.41) is 22.8. The van der Waals surface area contributed by atoms with E-state index in [4.69, 9.17) is 16.6 Å². The van der Waals surface area contributed by atoms with Crippen LogP contribution in [-0.4, -0.2) is 117 Å². The van der Waals surface area contributed by atoms with Gasteiger partial charge >= 0.3 is 0 Å². The van der Waals surface area contributed by atoms with Crippen LogP contribution in [0.5, 0.6) is 0 Å². The van der Waals surface area contributed by atoms with Crippen LogP contribution in [0, 0.1) is 7.43 Å². The van der Waals surface area contributed by atoms with Gasteiger partial charge in [-0.15, -0.1) is 32.0 Å². The van der Waals surface area contributed by atoms with Gasteiger partial charge in [-0.25, -0.2) is 24.9 Å². The maximum absolute atomic E-state index is 13.7. The minimum Gasteiger partial charge on any atom is -0.358 e. The number of fused-ring (bicyclic) bond motifs is 8. The van der Waals surface area contributed by atoms with E-state index in [0.29, 0.717) is 18.8 Å². The monoisotopic (exact) mass is 1690 g/mol. The minimum atomic E-state index is -0.163. The molecule has 25 heteroatoms. The SMILES string of the molecule is Brc1cccc(-c2nnc3n2CCCC3)n1.O=C1CCCCC1Cl.O=C1NCCc2ccc(-n3cnc4c3CCCC4)cc21.O=C1NCCc2ccc(Br)cc21.O=C1c2cc(-n3cnc4c3CCCC4)ccc2CCN1c1cccc(-c2nnc3n2CCCC3)n1.[CH3-].[W].c1nc2c([nH]1)CCCC2. The molecule has 102 heavy (non-hydrogen) atoms. The third-order valence-electron chi connectivity index (χ3n) is 20.1. The molecule has 0 radical (unpaired) electrons. The molecule has 3 N–H and O–H groups in total. The molecule has 9 aliphatic rings. The minimum absolute atomic E-state index is 0. The van der Waals surface area contributed by atoms with Gasteiger partial charge < -0.3 is 41.3 Å². The second-order valence-electron chi connectivity index (χ2n) is 26.7. The molecule has 1 saturated carbocycles. The quantitative estimate of drug-likeness (QED) is 0.0825. The molecule has 1 unspecified atom stereocenters. The number of aryl methyl sites for hydroxylation is 6. The fourth-order valence-corrected chi connectivity index (χ4v) is 15.7. The number of halogens is 3. The van der Waals surface area contributed by atoms with Crippen LogP contribution in [0.2, 0.25) is 0 Å². The van der Waals surface area contributed by atoms with Gasteiger partial charge in [0.1, 0.15) is 33.5 Å². The van der Waals surface area contributed by atoms with Crippen molar-refractivity contribution < 1.29 is 40.2 Å². The van der Waals surface area contributed by atoms with E-state index in [1.54, 1.807) is 11.2 Å². The number of anilines is 1. The van der Waals surface area contributed by atoms with Crippen LogP contribution in [0.15, 0.2) is 119 Å². The number of carbonyl (C=O) groups excluding carboxylic acids is 4. The normalized spacial score (nSPS) is 17.3. The summed E-state index contributed by atoms with van der Waals surface area (Å²) in [5.41, 5.74) is 17.1. The third-order valence-corrected chi connectivity index (χ3v) is 21.5. The molecule has 0 saturated heterocycles. The molecule has 1 fully saturated rings. The van der Waals surface area contributed by atoms with Crippen LogP contribution in [0.4, 0.5) is 5.82 Å². The van der Waals surface area contributed by atoms with Crippen LogP contribution in [0.1, 0.15) is 183 Å². The van der Waals surface area contributed by atoms with Gasteiger partial charge in [0.25, 0.3) is 17.7 Å². The summed E-state index contributed by atoms with van der Waals surface area (Å²) in [5.74, 6) is 4.76. The van der Waals surface area contributed by atoms with Gasteiger partial charge in [-0.3, -0.25) is 24.1 Å². The van der Waals surface area contributed by atoms with Gasteiger partial charge in [-0.05, 0) is 228 Å². The molecular weight excluding hydrogens is 1610 g/mol. The number of benzene rings is 3. The first-order chi connectivity index (χ1) is 49.0. The van der Waals surface area contributed by atoms with Crippen molar-refractivity contribution in [3.63, 3.8) is 0 Å². The molecule has 3 amide bonds. The number of hydrogen-bond donors (Lipinski definition) is 3. The average Bonchev–Trinajstić information content (AvgIpc) is 1.34. The Balaban J connectivity index is 0.000000125. The van der Waals surface area contributed by atoms with Crippen molar-refractivity contribution >= 4 is 72.8 Å². The van der Waals surface area contributed by atoms with E-state index in [1.165, 1.54) is 98.4 Å². The molecule has 19 rings (SSSR count). The number of alkyl halides is 1. The van der Waals surface area contributed by atoms with Crippen LogP contribution in [0.25, 0.3) is 34.4 Å². The van der Waals surface area contributed by atoms with Gasteiger partial charge in [0.15, 0.2) is 17.4 Å². The first kappa shape index (κ1) is 73.6. The van der Waals surface area contributed by atoms with Gasteiger partial charge in [0.2, 0.25) is 0 Å². The van der Waals surface area contributed by atoms with Crippen molar-refractivity contribution in [2.75, 3.05) is 24.5 Å². The Morgan fingerprint density at radius 3 is 1.60 bits per heavy atom. The number of Topliss-reactive ketones (excluding diaryl/α,β-unsaturated/α-hetero) is 1. The number of imidazole rings is 3. The molecule has 4 aliphatic carbocycles. The topological polar surface area (TPSA) is 247 Å². The Labute approximate surface area is 631 Å². The molecule has 0 spiro atoms. The first-order valence-electron chi connectivity index (χ1n) is 35.6. The molecular formula is C77H85Br2ClN17O4W-. The van der Waals surface area contributed by atoms with Gasteiger partial charge in [-0.2, -0.15) is 0 Å². The number of nitrogens with one attached hydrogen (secondary N) is 3. The maximum Gasteiger partial charge on any atom is 0.259 e. The summed E-state index contributed by atoms with van der Waals surface area (Å²) in [4.78, 5) is 75.2. The number of ketones is 1. The number of H-pyrrole nitrogens is 1. The van der Waals surface area contributed by atoms with E-state index in [0.717, 1.165) is 205 Å². The molecule has 0 bridgehead atoms. The van der Waals surface area contributed by atoms with Crippen molar-refractivity contribution in [2.24, 2.45) is 0 Å². The number of carbonyl (C=O) groups is 4. The van der Waals surface area contributed by atoms with E-state index in [-0.39, 0.29) is 57.4 Å². The molecule has 1 atom stereocenters. The molecule has 3 aromatic carbocycles. The number of rotatable bonds is 5. The van der Waals surface area contributed by atoms with E-state index >= 15 is 0 Å². The molecule has 530 valence electrons. The summed E-state index contributed by atoms with van der Waals surface area (Å²) in [6.45, 7) is 4.03. The Hall–Kier alpha value is -8.11. The summed E-state index contributed by atoms with van der Waals surface area (Å²) in [6.07, 6.45) is 32.8. The zero-order valence-electron chi connectivity index (χ0n) is 57.6. The fraction of sp³-hybridized carbons (Fsp3) is 0.403. The molecule has 7 aromatic heterocycles. The number of aromatic amines is 1. The summed E-state index contributed by atoms with van der Waals surface area (Å²) >= 11 is 12.3. The molecule has 10 aromatic rings. The fourth-order valence-electron chi connectivity index (χ4n) is 14.7. The summed E-state index contributed by atoms with van der Waals surface area (Å²) in [7, 11) is 0.